The molecule has 0 saturated heterocycles. The molecule has 2 aromatic carbocycles. The number of halogens is 3. The zero-order valence-corrected chi connectivity index (χ0v) is 13.7. The summed E-state index contributed by atoms with van der Waals surface area (Å²) in [7, 11) is 0. The van der Waals surface area contributed by atoms with E-state index in [4.69, 9.17) is 4.74 Å². The van der Waals surface area contributed by atoms with Gasteiger partial charge in [-0.2, -0.15) is 8.78 Å². The Labute approximate surface area is 140 Å². The van der Waals surface area contributed by atoms with Gasteiger partial charge in [-0.25, -0.2) is 4.39 Å². The third-order valence-corrected chi connectivity index (χ3v) is 4.71. The Morgan fingerprint density at radius 2 is 1.62 bits per heavy atom. The maximum absolute atomic E-state index is 14.3. The lowest BCUT2D eigenvalue weighted by atomic mass is 9.84. The van der Waals surface area contributed by atoms with Crippen LogP contribution in [0.1, 0.15) is 54.7 Å². The molecule has 1 saturated carbocycles. The number of aryl methyl sites for hydroxylation is 1. The van der Waals surface area contributed by atoms with Crippen molar-refractivity contribution in [2.24, 2.45) is 0 Å². The highest BCUT2D eigenvalue weighted by Crippen LogP contribution is 2.36. The lowest BCUT2D eigenvalue weighted by Gasteiger charge is -2.23. The third kappa shape index (κ3) is 3.74. The summed E-state index contributed by atoms with van der Waals surface area (Å²) in [5, 5.41) is 0. The van der Waals surface area contributed by atoms with Crippen molar-refractivity contribution in [2.45, 2.75) is 51.1 Å². The van der Waals surface area contributed by atoms with Crippen molar-refractivity contribution in [3.63, 3.8) is 0 Å². The van der Waals surface area contributed by atoms with Gasteiger partial charge in [0.05, 0.1) is 5.56 Å². The summed E-state index contributed by atoms with van der Waals surface area (Å²) in [4.78, 5) is 0. The van der Waals surface area contributed by atoms with Gasteiger partial charge in [0.25, 0.3) is 0 Å². The Balaban J connectivity index is 1.74. The predicted octanol–water partition coefficient (Wildman–Crippen LogP) is 6.31. The van der Waals surface area contributed by atoms with Gasteiger partial charge in [0.1, 0.15) is 11.6 Å². The number of hydrogen-bond acceptors (Lipinski definition) is 1. The molecule has 1 aliphatic carbocycles. The van der Waals surface area contributed by atoms with E-state index in [0.717, 1.165) is 24.5 Å². The quantitative estimate of drug-likeness (QED) is 0.636. The molecule has 0 aliphatic heterocycles. The second kappa shape index (κ2) is 6.88. The van der Waals surface area contributed by atoms with E-state index in [2.05, 4.69) is 0 Å². The molecular weight excluding hydrogens is 313 g/mol. The van der Waals surface area contributed by atoms with E-state index in [0.29, 0.717) is 11.5 Å². The highest BCUT2D eigenvalue weighted by Gasteiger charge is 2.34. The normalized spacial score (nSPS) is 16.2. The number of ether oxygens (including phenoxy) is 1. The minimum atomic E-state index is -3.49. The standard InChI is InChI=1S/C20H21F3O/c1-14-7-12-18(13-19(14)21)24-20(22,23)17-10-8-16(9-11-17)15-5-3-2-4-6-15/h7-13,15H,2-6H2,1H3. The van der Waals surface area contributed by atoms with Crippen LogP contribution in [0, 0.1) is 12.7 Å². The Kier molecular flexibility index (Phi) is 4.83. The molecule has 0 radical (unpaired) electrons. The largest absolute Gasteiger partial charge is 0.429 e. The summed E-state index contributed by atoms with van der Waals surface area (Å²) >= 11 is 0. The zero-order chi connectivity index (χ0) is 17.2. The zero-order valence-electron chi connectivity index (χ0n) is 13.7. The minimum absolute atomic E-state index is 0.181. The van der Waals surface area contributed by atoms with Crippen LogP contribution in [0.15, 0.2) is 42.5 Å². The molecule has 2 aromatic rings. The van der Waals surface area contributed by atoms with Crippen LogP contribution in [0.4, 0.5) is 13.2 Å². The van der Waals surface area contributed by atoms with Crippen molar-refractivity contribution >= 4 is 0 Å². The summed E-state index contributed by atoms with van der Waals surface area (Å²) in [6.07, 6.45) is 2.40. The van der Waals surface area contributed by atoms with Crippen LogP contribution in [0.3, 0.4) is 0 Å². The van der Waals surface area contributed by atoms with Crippen LogP contribution in [0.5, 0.6) is 5.75 Å². The number of rotatable bonds is 4. The monoisotopic (exact) mass is 334 g/mol. The van der Waals surface area contributed by atoms with E-state index in [1.807, 2.05) is 0 Å². The maximum atomic E-state index is 14.3. The van der Waals surface area contributed by atoms with E-state index < -0.39 is 11.9 Å². The molecule has 0 heterocycles. The second-order valence-electron chi connectivity index (χ2n) is 6.49. The van der Waals surface area contributed by atoms with Crippen molar-refractivity contribution in [3.05, 3.63) is 65.0 Å². The molecule has 0 N–H and O–H groups in total. The van der Waals surface area contributed by atoms with Gasteiger partial charge in [-0.05, 0) is 55.0 Å². The maximum Gasteiger partial charge on any atom is 0.426 e. The van der Waals surface area contributed by atoms with Gasteiger partial charge in [0.2, 0.25) is 0 Å². The molecule has 1 fully saturated rings. The summed E-state index contributed by atoms with van der Waals surface area (Å²) in [6.45, 7) is 1.57. The molecule has 0 spiro atoms. The molecule has 0 bridgehead atoms. The Morgan fingerprint density at radius 1 is 0.958 bits per heavy atom. The number of benzene rings is 2. The first-order valence-corrected chi connectivity index (χ1v) is 8.39. The molecule has 4 heteroatoms. The fraction of sp³-hybridized carbons (Fsp3) is 0.400. The van der Waals surface area contributed by atoms with E-state index in [1.165, 1.54) is 43.5 Å². The van der Waals surface area contributed by atoms with Gasteiger partial charge in [-0.3, -0.25) is 0 Å². The molecule has 0 amide bonds. The minimum Gasteiger partial charge on any atom is -0.429 e. The highest BCUT2D eigenvalue weighted by atomic mass is 19.3. The summed E-state index contributed by atoms with van der Waals surface area (Å²) in [5.41, 5.74) is 1.28. The summed E-state index contributed by atoms with van der Waals surface area (Å²) in [5.74, 6) is -0.274. The SMILES string of the molecule is Cc1ccc(OC(F)(F)c2ccc(C3CCCCC3)cc2)cc1F. The molecule has 3 rings (SSSR count). The van der Waals surface area contributed by atoms with Gasteiger partial charge in [0.15, 0.2) is 0 Å². The van der Waals surface area contributed by atoms with Crippen LogP contribution in [0.2, 0.25) is 0 Å². The Morgan fingerprint density at radius 3 is 2.25 bits per heavy atom. The van der Waals surface area contributed by atoms with E-state index in [-0.39, 0.29) is 11.3 Å². The number of alkyl halides is 2. The fourth-order valence-corrected chi connectivity index (χ4v) is 3.23. The molecule has 0 atom stereocenters. The number of hydrogen-bond donors (Lipinski definition) is 0. The van der Waals surface area contributed by atoms with E-state index in [9.17, 15) is 13.2 Å². The molecule has 24 heavy (non-hydrogen) atoms. The third-order valence-electron chi connectivity index (χ3n) is 4.71. The summed E-state index contributed by atoms with van der Waals surface area (Å²) in [6, 6.07) is 10.1. The van der Waals surface area contributed by atoms with E-state index >= 15 is 0 Å². The lowest BCUT2D eigenvalue weighted by Crippen LogP contribution is -2.22. The first kappa shape index (κ1) is 16.9. The second-order valence-corrected chi connectivity index (χ2v) is 6.49. The predicted molar refractivity (Wildman–Crippen MR) is 87.9 cm³/mol. The Bertz CT molecular complexity index is 689. The van der Waals surface area contributed by atoms with Gasteiger partial charge in [0, 0.05) is 6.07 Å². The average molecular weight is 334 g/mol. The van der Waals surface area contributed by atoms with Gasteiger partial charge < -0.3 is 4.74 Å². The van der Waals surface area contributed by atoms with E-state index in [1.54, 1.807) is 19.1 Å². The molecule has 1 aliphatic rings. The van der Waals surface area contributed by atoms with Crippen LogP contribution >= 0.6 is 0 Å². The van der Waals surface area contributed by atoms with Gasteiger partial charge in [-0.15, -0.1) is 0 Å². The van der Waals surface area contributed by atoms with Crippen molar-refractivity contribution in [3.8, 4) is 5.75 Å². The Hall–Kier alpha value is -1.97. The molecular formula is C20H21F3O. The fourth-order valence-electron chi connectivity index (χ4n) is 3.23. The highest BCUT2D eigenvalue weighted by molar-refractivity contribution is 5.31. The first-order valence-electron chi connectivity index (χ1n) is 8.39. The van der Waals surface area contributed by atoms with Gasteiger partial charge >= 0.3 is 6.11 Å². The topological polar surface area (TPSA) is 9.23 Å². The van der Waals surface area contributed by atoms with Crippen LogP contribution in [0.25, 0.3) is 0 Å². The molecule has 0 aromatic heterocycles. The van der Waals surface area contributed by atoms with Crippen LogP contribution in [-0.4, -0.2) is 0 Å². The summed E-state index contributed by atoms with van der Waals surface area (Å²) < 4.78 is 46.8. The first-order chi connectivity index (χ1) is 11.5. The average Bonchev–Trinajstić information content (AvgIpc) is 2.59. The van der Waals surface area contributed by atoms with Crippen LogP contribution < -0.4 is 4.74 Å². The van der Waals surface area contributed by atoms with Crippen molar-refractivity contribution in [2.75, 3.05) is 0 Å². The smallest absolute Gasteiger partial charge is 0.426 e. The molecule has 0 unspecified atom stereocenters. The van der Waals surface area contributed by atoms with Crippen molar-refractivity contribution in [1.82, 2.24) is 0 Å². The van der Waals surface area contributed by atoms with Crippen molar-refractivity contribution in [1.29, 1.82) is 0 Å². The van der Waals surface area contributed by atoms with Crippen LogP contribution in [-0.2, 0) is 6.11 Å². The molecule has 1 nitrogen and oxygen atoms in total. The van der Waals surface area contributed by atoms with Gasteiger partial charge in [-0.1, -0.05) is 37.5 Å². The van der Waals surface area contributed by atoms with Crippen molar-refractivity contribution < 1.29 is 17.9 Å². The molecule has 128 valence electrons. The lowest BCUT2D eigenvalue weighted by molar-refractivity contribution is -0.185.